The van der Waals surface area contributed by atoms with Crippen LogP contribution in [-0.4, -0.2) is 129 Å². The number of hydrogen-bond donors (Lipinski definition) is 12. The Hall–Kier alpha value is 2.68. The van der Waals surface area contributed by atoms with E-state index in [-0.39, 0.29) is 64.1 Å². The molecule has 6 nitrogen and oxygen atoms in total. The number of hydrogen-bond acceptors (Lipinski definition) is 12. The summed E-state index contributed by atoms with van der Waals surface area (Å²) in [5.41, 5.74) is 0. The Morgan fingerprint density at radius 3 is 0.464 bits per heavy atom. The third kappa shape index (κ3) is 161. The van der Waals surface area contributed by atoms with E-state index in [0.29, 0.717) is 17.3 Å². The summed E-state index contributed by atoms with van der Waals surface area (Å²) in [6.45, 7) is 1.35. The summed E-state index contributed by atoms with van der Waals surface area (Å²) in [6, 6.07) is 0. The number of aliphatic hydroxyl groups is 6. The van der Waals surface area contributed by atoms with E-state index < -0.39 is 0 Å². The molecule has 0 aliphatic carbocycles. The quantitative estimate of drug-likeness (QED) is 0.131. The van der Waals surface area contributed by atoms with Gasteiger partial charge in [-0.2, -0.15) is 75.8 Å². The summed E-state index contributed by atoms with van der Waals surface area (Å²) in [7, 11) is 0. The topological polar surface area (TPSA) is 121 Å². The van der Waals surface area contributed by atoms with Crippen molar-refractivity contribution in [2.75, 3.05) is 74.2 Å². The average molecular weight is 633 g/mol. The van der Waals surface area contributed by atoms with Gasteiger partial charge in [0.15, 0.2) is 0 Å². The number of thiol groups is 6. The fraction of sp³-hybridized carbons (Fsp3) is 1.00. The molecule has 0 bridgehead atoms. The van der Waals surface area contributed by atoms with Crippen molar-refractivity contribution in [2.45, 2.75) is 19.3 Å². The minimum Gasteiger partial charge on any atom is -0.396 e. The van der Waals surface area contributed by atoms with Gasteiger partial charge in [-0.25, -0.2) is 0 Å². The molecule has 3 radical (unpaired) electrons. The zero-order chi connectivity index (χ0) is 22.6. The van der Waals surface area contributed by atoms with Gasteiger partial charge in [-0.1, -0.05) is 0 Å². The molecule has 0 aromatic heterocycles. The van der Waals surface area contributed by atoms with Crippen molar-refractivity contribution in [2.24, 2.45) is 0 Å². The van der Waals surface area contributed by atoms with E-state index in [1.807, 2.05) is 0 Å². The Morgan fingerprint density at radius 2 is 0.464 bits per heavy atom. The third-order valence-corrected chi connectivity index (χ3v) is 2.80. The number of rotatable bonds is 9. The molecule has 0 heterocycles. The molecule has 13 heteroatoms. The van der Waals surface area contributed by atoms with Gasteiger partial charge >= 0.3 is 0 Å². The molecule has 0 amide bonds. The van der Waals surface area contributed by atoms with E-state index in [4.69, 9.17) is 30.6 Å². The van der Waals surface area contributed by atoms with Crippen LogP contribution in [-0.2, 0) is 0 Å². The van der Waals surface area contributed by atoms with Crippen molar-refractivity contribution in [3.63, 3.8) is 0 Å². The van der Waals surface area contributed by atoms with Gasteiger partial charge in [0.25, 0.3) is 0 Å². The molecular weight excluding hydrogens is 590 g/mol. The monoisotopic (exact) mass is 631 g/mol. The van der Waals surface area contributed by atoms with Crippen LogP contribution in [0, 0.1) is 0 Å². The summed E-state index contributed by atoms with van der Waals surface area (Å²) in [5.74, 6) is 4.07. The molecule has 28 heavy (non-hydrogen) atoms. The van der Waals surface area contributed by atoms with Gasteiger partial charge in [0.05, 0.1) is 19.8 Å². The maximum absolute atomic E-state index is 8.02. The van der Waals surface area contributed by atoms with Crippen molar-refractivity contribution < 1.29 is 30.6 Å². The summed E-state index contributed by atoms with van der Waals surface area (Å²) < 4.78 is 0. The Kier molecular flexibility index (Phi) is 134. The fourth-order valence-corrected chi connectivity index (χ4v) is 0.636. The van der Waals surface area contributed by atoms with Crippen molar-refractivity contribution in [1.82, 2.24) is 0 Å². The normalized spacial score (nSPS) is 7.71. The largest absolute Gasteiger partial charge is 0.396 e. The minimum absolute atomic E-state index is 0. The maximum atomic E-state index is 8.02. The number of aliphatic hydroxyl groups excluding tert-OH is 6. The predicted molar refractivity (Wildman–Crippen MR) is 145 cm³/mol. The first kappa shape index (κ1) is 48.2. The fourth-order valence-electron chi connectivity index (χ4n) is 0.212. The molecule has 0 aromatic rings. The van der Waals surface area contributed by atoms with Crippen LogP contribution in [0.4, 0.5) is 0 Å². The van der Waals surface area contributed by atoms with E-state index in [1.165, 1.54) is 0 Å². The molecule has 0 atom stereocenters. The molecule has 0 spiro atoms. The van der Waals surface area contributed by atoms with Gasteiger partial charge < -0.3 is 30.6 Å². The first-order valence-electron chi connectivity index (χ1n) is 8.29. The SMILES string of the molecule is OCCCS.OCCCS.OCCCS.OCCS.OCCS.OCCS.[Sb]. The van der Waals surface area contributed by atoms with Crippen LogP contribution >= 0.6 is 75.8 Å². The van der Waals surface area contributed by atoms with Crippen molar-refractivity contribution >= 4 is 100 Å². The molecule has 0 saturated heterocycles. The van der Waals surface area contributed by atoms with Gasteiger partial charge in [0, 0.05) is 61.5 Å². The van der Waals surface area contributed by atoms with Crippen LogP contribution in [0.1, 0.15) is 19.3 Å². The van der Waals surface area contributed by atoms with E-state index in [2.05, 4.69) is 75.8 Å². The van der Waals surface area contributed by atoms with Crippen molar-refractivity contribution in [1.29, 1.82) is 0 Å². The van der Waals surface area contributed by atoms with Crippen LogP contribution < -0.4 is 0 Å². The second-order valence-corrected chi connectivity index (χ2v) is 6.43. The van der Waals surface area contributed by atoms with E-state index in [1.54, 1.807) is 0 Å². The van der Waals surface area contributed by atoms with Crippen LogP contribution in [0.2, 0.25) is 0 Å². The first-order chi connectivity index (χ1) is 13.0. The molecule has 0 unspecified atom stereocenters. The second-order valence-electron chi connectivity index (χ2n) is 3.74. The maximum Gasteiger partial charge on any atom is 0.0519 e. The average Bonchev–Trinajstić information content (AvgIpc) is 2.71. The van der Waals surface area contributed by atoms with Gasteiger partial charge in [-0.05, 0) is 36.5 Å². The van der Waals surface area contributed by atoms with Crippen LogP contribution in [0.3, 0.4) is 0 Å². The standard InChI is InChI=1S/3C3H8OS.3C2H6OS.Sb/c3*4-2-1-3-5;3*3-1-2-4;/h3*4-5H,1-3H2;3*3-4H,1-2H2;. The molecule has 179 valence electrons. The van der Waals surface area contributed by atoms with E-state index >= 15 is 0 Å². The van der Waals surface area contributed by atoms with Gasteiger partial charge in [-0.3, -0.25) is 0 Å². The molecule has 0 fully saturated rings. The molecular formula is C15H42O6S6Sb. The van der Waals surface area contributed by atoms with E-state index in [0.717, 1.165) is 36.5 Å². The third-order valence-electron chi connectivity index (χ3n) is 1.25. The Balaban J connectivity index is -0.0000000377. The molecule has 0 rings (SSSR count). The zero-order valence-electron chi connectivity index (χ0n) is 16.4. The van der Waals surface area contributed by atoms with Gasteiger partial charge in [0.1, 0.15) is 0 Å². The van der Waals surface area contributed by atoms with Gasteiger partial charge in [0.2, 0.25) is 0 Å². The van der Waals surface area contributed by atoms with Crippen molar-refractivity contribution in [3.8, 4) is 0 Å². The predicted octanol–water partition coefficient (Wildman–Crippen LogP) is 0.240. The minimum atomic E-state index is 0. The van der Waals surface area contributed by atoms with Gasteiger partial charge in [-0.15, -0.1) is 0 Å². The Labute approximate surface area is 222 Å². The Bertz CT molecular complexity index is 126. The second kappa shape index (κ2) is 78.1. The summed E-state index contributed by atoms with van der Waals surface area (Å²) >= 11 is 22.5. The Morgan fingerprint density at radius 1 is 0.321 bits per heavy atom. The van der Waals surface area contributed by atoms with Crippen LogP contribution in [0.5, 0.6) is 0 Å². The van der Waals surface area contributed by atoms with Crippen LogP contribution in [0.15, 0.2) is 0 Å². The summed E-state index contributed by atoms with van der Waals surface area (Å²) in [4.78, 5) is 0. The molecule has 0 aliphatic heterocycles. The molecule has 0 saturated carbocycles. The molecule has 6 N–H and O–H groups in total. The van der Waals surface area contributed by atoms with E-state index in [9.17, 15) is 0 Å². The van der Waals surface area contributed by atoms with Crippen LogP contribution in [0.25, 0.3) is 0 Å². The molecule has 0 aromatic carbocycles. The first-order valence-corrected chi connectivity index (χ1v) is 12.1. The summed E-state index contributed by atoms with van der Waals surface area (Å²) in [5, 5.41) is 47.4. The zero-order valence-corrected chi connectivity index (χ0v) is 24.3. The van der Waals surface area contributed by atoms with Crippen molar-refractivity contribution in [3.05, 3.63) is 0 Å². The summed E-state index contributed by atoms with van der Waals surface area (Å²) in [6.07, 6.45) is 2.43. The smallest absolute Gasteiger partial charge is 0.0519 e. The molecule has 0 aliphatic rings.